The van der Waals surface area contributed by atoms with E-state index in [0.29, 0.717) is 0 Å². The second-order valence-electron chi connectivity index (χ2n) is 9.94. The van der Waals surface area contributed by atoms with Crippen molar-refractivity contribution in [2.75, 3.05) is 11.9 Å². The van der Waals surface area contributed by atoms with E-state index < -0.39 is 0 Å². The molecule has 35 heavy (non-hydrogen) atoms. The minimum absolute atomic E-state index is 0.163. The molecule has 0 fully saturated rings. The van der Waals surface area contributed by atoms with E-state index in [4.69, 9.17) is 0 Å². The lowest BCUT2D eigenvalue weighted by Gasteiger charge is -2.07. The summed E-state index contributed by atoms with van der Waals surface area (Å²) in [7, 11) is 0. The molecule has 0 saturated heterocycles. The topological polar surface area (TPSA) is 55.2 Å². The molecule has 2 aromatic carbocycles. The fourth-order valence-electron chi connectivity index (χ4n) is 4.47. The zero-order valence-electron chi connectivity index (χ0n) is 22.0. The first-order chi connectivity index (χ1) is 17.1. The van der Waals surface area contributed by atoms with Crippen molar-refractivity contribution in [3.05, 3.63) is 76.2 Å². The van der Waals surface area contributed by atoms with Crippen LogP contribution in [0.1, 0.15) is 114 Å². The molecule has 0 saturated carbocycles. The second-order valence-corrected chi connectivity index (χ2v) is 9.94. The SMILES string of the molecule is Cc1ccc(NCCCCCCCCCCCCCCCCC[CH]c2ccc([N+](=O)[O-])cc2)cc1. The van der Waals surface area contributed by atoms with Gasteiger partial charge in [-0.15, -0.1) is 0 Å². The predicted octanol–water partition coefficient (Wildman–Crippen LogP) is 9.81. The molecule has 1 radical (unpaired) electrons. The number of rotatable bonds is 21. The smallest absolute Gasteiger partial charge is 0.269 e. The van der Waals surface area contributed by atoms with E-state index in [2.05, 4.69) is 42.9 Å². The number of nitrogens with one attached hydrogen (secondary N) is 1. The Morgan fingerprint density at radius 1 is 0.657 bits per heavy atom. The number of nitro benzene ring substituents is 1. The average Bonchev–Trinajstić information content (AvgIpc) is 2.86. The molecule has 0 heterocycles. The molecule has 0 bridgehead atoms. The lowest BCUT2D eigenvalue weighted by atomic mass is 10.0. The van der Waals surface area contributed by atoms with Crippen molar-refractivity contribution in [3.63, 3.8) is 0 Å². The van der Waals surface area contributed by atoms with Crippen LogP contribution in [0.4, 0.5) is 11.4 Å². The van der Waals surface area contributed by atoms with Gasteiger partial charge in [0.2, 0.25) is 0 Å². The van der Waals surface area contributed by atoms with Gasteiger partial charge in [0.15, 0.2) is 0 Å². The van der Waals surface area contributed by atoms with Crippen molar-refractivity contribution >= 4 is 11.4 Å². The third-order valence-corrected chi connectivity index (χ3v) is 6.75. The van der Waals surface area contributed by atoms with Gasteiger partial charge in [0.25, 0.3) is 5.69 Å². The molecular formula is C31H47N2O2. The third kappa shape index (κ3) is 14.6. The number of hydrogen-bond donors (Lipinski definition) is 1. The summed E-state index contributed by atoms with van der Waals surface area (Å²) < 4.78 is 0. The summed E-state index contributed by atoms with van der Waals surface area (Å²) in [6.45, 7) is 3.22. The van der Waals surface area contributed by atoms with Crippen LogP contribution in [-0.4, -0.2) is 11.5 Å². The molecule has 0 spiro atoms. The van der Waals surface area contributed by atoms with E-state index >= 15 is 0 Å². The summed E-state index contributed by atoms with van der Waals surface area (Å²) in [4.78, 5) is 10.3. The molecule has 0 atom stereocenters. The molecule has 0 unspecified atom stereocenters. The number of anilines is 1. The molecule has 4 heteroatoms. The molecule has 0 aromatic heterocycles. The summed E-state index contributed by atoms with van der Waals surface area (Å²) in [6.07, 6.45) is 23.6. The number of nitrogens with zero attached hydrogens (tertiary/aromatic N) is 1. The number of benzene rings is 2. The van der Waals surface area contributed by atoms with E-state index in [9.17, 15) is 10.1 Å². The zero-order valence-corrected chi connectivity index (χ0v) is 22.0. The third-order valence-electron chi connectivity index (χ3n) is 6.75. The number of aryl methyl sites for hydroxylation is 1. The number of hydrogen-bond acceptors (Lipinski definition) is 3. The van der Waals surface area contributed by atoms with E-state index in [1.807, 2.05) is 12.1 Å². The number of non-ortho nitro benzene ring substituents is 1. The van der Waals surface area contributed by atoms with Crippen LogP contribution < -0.4 is 5.32 Å². The van der Waals surface area contributed by atoms with Crippen molar-refractivity contribution in [3.8, 4) is 0 Å². The molecule has 4 nitrogen and oxygen atoms in total. The van der Waals surface area contributed by atoms with E-state index in [0.717, 1.165) is 18.5 Å². The van der Waals surface area contributed by atoms with Crippen LogP contribution in [0.2, 0.25) is 0 Å². The monoisotopic (exact) mass is 479 g/mol. The van der Waals surface area contributed by atoms with Gasteiger partial charge in [-0.3, -0.25) is 10.1 Å². The largest absolute Gasteiger partial charge is 0.385 e. The van der Waals surface area contributed by atoms with Crippen molar-refractivity contribution < 1.29 is 4.92 Å². The predicted molar refractivity (Wildman–Crippen MR) is 150 cm³/mol. The Bertz CT molecular complexity index is 787. The maximum absolute atomic E-state index is 10.7. The van der Waals surface area contributed by atoms with Gasteiger partial charge in [-0.2, -0.15) is 0 Å². The molecular weight excluding hydrogens is 432 g/mol. The van der Waals surface area contributed by atoms with Crippen molar-refractivity contribution in [2.24, 2.45) is 0 Å². The van der Waals surface area contributed by atoms with Gasteiger partial charge >= 0.3 is 0 Å². The second kappa shape index (κ2) is 18.9. The van der Waals surface area contributed by atoms with Crippen LogP contribution in [-0.2, 0) is 0 Å². The van der Waals surface area contributed by atoms with Crippen LogP contribution in [0, 0.1) is 23.5 Å². The minimum atomic E-state index is -0.348. The summed E-state index contributed by atoms with van der Waals surface area (Å²) in [5.74, 6) is 0. The van der Waals surface area contributed by atoms with Crippen LogP contribution >= 0.6 is 0 Å². The minimum Gasteiger partial charge on any atom is -0.385 e. The Labute approximate surface area is 214 Å². The molecule has 1 N–H and O–H groups in total. The molecule has 2 rings (SSSR count). The highest BCUT2D eigenvalue weighted by Gasteiger charge is 2.03. The fourth-order valence-corrected chi connectivity index (χ4v) is 4.47. The lowest BCUT2D eigenvalue weighted by molar-refractivity contribution is -0.384. The van der Waals surface area contributed by atoms with E-state index in [1.54, 1.807) is 12.1 Å². The zero-order chi connectivity index (χ0) is 25.0. The summed E-state index contributed by atoms with van der Waals surface area (Å²) >= 11 is 0. The van der Waals surface area contributed by atoms with Gasteiger partial charge in [-0.1, -0.05) is 120 Å². The number of unbranched alkanes of at least 4 members (excludes halogenated alkanes) is 15. The van der Waals surface area contributed by atoms with Crippen molar-refractivity contribution in [2.45, 2.75) is 110 Å². The van der Waals surface area contributed by atoms with Gasteiger partial charge in [-0.25, -0.2) is 0 Å². The van der Waals surface area contributed by atoms with E-state index in [1.165, 1.54) is 108 Å². The van der Waals surface area contributed by atoms with Crippen molar-refractivity contribution in [1.29, 1.82) is 0 Å². The molecule has 0 amide bonds. The summed E-state index contributed by atoms with van der Waals surface area (Å²) in [5, 5.41) is 14.2. The van der Waals surface area contributed by atoms with Gasteiger partial charge in [0.1, 0.15) is 0 Å². The highest BCUT2D eigenvalue weighted by atomic mass is 16.6. The van der Waals surface area contributed by atoms with Gasteiger partial charge in [-0.05, 0) is 43.9 Å². The first-order valence-corrected chi connectivity index (χ1v) is 14.0. The number of nitro groups is 1. The van der Waals surface area contributed by atoms with Crippen LogP contribution in [0.25, 0.3) is 0 Å². The van der Waals surface area contributed by atoms with Gasteiger partial charge in [0, 0.05) is 24.4 Å². The van der Waals surface area contributed by atoms with E-state index in [-0.39, 0.29) is 10.6 Å². The Kier molecular flexibility index (Phi) is 15.6. The maximum atomic E-state index is 10.7. The first-order valence-electron chi connectivity index (χ1n) is 14.0. The first kappa shape index (κ1) is 28.9. The normalized spacial score (nSPS) is 11.0. The van der Waals surface area contributed by atoms with Crippen LogP contribution in [0.5, 0.6) is 0 Å². The molecule has 193 valence electrons. The summed E-state index contributed by atoms with van der Waals surface area (Å²) in [6, 6.07) is 15.5. The standard InChI is InChI=1S/C31H47N2O2/c1-28-19-23-30(24-20-28)32-27-17-15-13-11-9-7-5-3-2-4-6-8-10-12-14-16-18-29-21-25-31(26-22-29)33(34)35/h18-26,32H,2-17,27H2,1H3. The Balaban J connectivity index is 1.25. The average molecular weight is 480 g/mol. The van der Waals surface area contributed by atoms with Gasteiger partial charge in [0.05, 0.1) is 4.92 Å². The molecule has 0 aliphatic rings. The lowest BCUT2D eigenvalue weighted by Crippen LogP contribution is -2.01. The molecule has 0 aliphatic heterocycles. The van der Waals surface area contributed by atoms with Crippen LogP contribution in [0.3, 0.4) is 0 Å². The molecule has 0 aliphatic carbocycles. The van der Waals surface area contributed by atoms with Crippen molar-refractivity contribution in [1.82, 2.24) is 0 Å². The highest BCUT2D eigenvalue weighted by molar-refractivity contribution is 5.44. The maximum Gasteiger partial charge on any atom is 0.269 e. The quantitative estimate of drug-likeness (QED) is 0.110. The van der Waals surface area contributed by atoms with Crippen LogP contribution in [0.15, 0.2) is 48.5 Å². The Morgan fingerprint density at radius 3 is 1.60 bits per heavy atom. The highest BCUT2D eigenvalue weighted by Crippen LogP contribution is 2.17. The summed E-state index contributed by atoms with van der Waals surface area (Å²) in [5.41, 5.74) is 3.81. The Hall–Kier alpha value is -2.36. The van der Waals surface area contributed by atoms with Gasteiger partial charge < -0.3 is 5.32 Å². The Morgan fingerprint density at radius 2 is 1.11 bits per heavy atom. The molecule has 2 aromatic rings. The fraction of sp³-hybridized carbons (Fsp3) is 0.581.